The predicted molar refractivity (Wildman–Crippen MR) is 110 cm³/mol. The van der Waals surface area contributed by atoms with Gasteiger partial charge in [-0.2, -0.15) is 0 Å². The minimum atomic E-state index is 0.384. The quantitative estimate of drug-likeness (QED) is 0.421. The number of piperazine rings is 1. The van der Waals surface area contributed by atoms with Crippen molar-refractivity contribution >= 4 is 17.3 Å². The van der Waals surface area contributed by atoms with E-state index in [0.717, 1.165) is 18.9 Å². The van der Waals surface area contributed by atoms with Gasteiger partial charge in [0.1, 0.15) is 0 Å². The fourth-order valence-corrected chi connectivity index (χ4v) is 4.13. The molecule has 6 heteroatoms. The van der Waals surface area contributed by atoms with Gasteiger partial charge in [0.15, 0.2) is 5.96 Å². The van der Waals surface area contributed by atoms with Crippen molar-refractivity contribution < 1.29 is 0 Å². The monoisotopic (exact) mass is 365 g/mol. The van der Waals surface area contributed by atoms with Crippen LogP contribution in [-0.2, 0) is 6.42 Å². The molecule has 5 nitrogen and oxygen atoms in total. The van der Waals surface area contributed by atoms with Gasteiger partial charge < -0.3 is 20.4 Å². The summed E-state index contributed by atoms with van der Waals surface area (Å²) in [5.74, 6) is 0.917. The van der Waals surface area contributed by atoms with Gasteiger partial charge in [-0.25, -0.2) is 0 Å². The Kier molecular flexibility index (Phi) is 8.72. The Bertz CT molecular complexity index is 520. The second kappa shape index (κ2) is 10.8. The molecule has 0 amide bonds. The molecule has 1 fully saturated rings. The molecule has 1 atom stereocenters. The topological polar surface area (TPSA) is 42.9 Å². The van der Waals surface area contributed by atoms with Crippen LogP contribution in [0.15, 0.2) is 17.1 Å². The zero-order valence-corrected chi connectivity index (χ0v) is 17.2. The highest BCUT2D eigenvalue weighted by Crippen LogP contribution is 2.16. The van der Waals surface area contributed by atoms with Gasteiger partial charge in [0.05, 0.1) is 0 Å². The van der Waals surface area contributed by atoms with Crippen LogP contribution in [0.3, 0.4) is 0 Å². The Morgan fingerprint density at radius 1 is 1.24 bits per heavy atom. The molecule has 2 heterocycles. The molecule has 0 aromatic carbocycles. The average molecular weight is 366 g/mol. The minimum absolute atomic E-state index is 0.384. The number of guanidine groups is 1. The van der Waals surface area contributed by atoms with Crippen LogP contribution in [0.2, 0.25) is 0 Å². The molecule has 1 aliphatic heterocycles. The fourth-order valence-electron chi connectivity index (χ4n) is 3.11. The van der Waals surface area contributed by atoms with Gasteiger partial charge in [-0.3, -0.25) is 4.99 Å². The molecule has 0 radical (unpaired) electrons. The summed E-state index contributed by atoms with van der Waals surface area (Å²) in [5.41, 5.74) is 0. The molecule has 25 heavy (non-hydrogen) atoms. The van der Waals surface area contributed by atoms with Crippen molar-refractivity contribution in [2.45, 2.75) is 39.2 Å². The first-order valence-electron chi connectivity index (χ1n) is 9.50. The van der Waals surface area contributed by atoms with E-state index in [1.54, 1.807) is 0 Å². The summed E-state index contributed by atoms with van der Waals surface area (Å²) >= 11 is 1.88. The number of nitrogens with one attached hydrogen (secondary N) is 2. The molecular formula is C19H35N5S. The van der Waals surface area contributed by atoms with Gasteiger partial charge in [0.2, 0.25) is 0 Å². The summed E-state index contributed by atoms with van der Waals surface area (Å²) in [7, 11) is 4.06. The molecule has 0 spiro atoms. The Morgan fingerprint density at radius 2 is 2.00 bits per heavy atom. The van der Waals surface area contributed by atoms with E-state index in [-0.39, 0.29) is 0 Å². The lowest BCUT2D eigenvalue weighted by atomic mass is 10.2. The van der Waals surface area contributed by atoms with Crippen LogP contribution in [0.25, 0.3) is 0 Å². The number of unbranched alkanes of at least 4 members (excludes halogenated alkanes) is 1. The maximum absolute atomic E-state index is 4.35. The molecule has 1 aliphatic rings. The summed E-state index contributed by atoms with van der Waals surface area (Å²) in [4.78, 5) is 12.2. The molecule has 0 bridgehead atoms. The number of rotatable bonds is 8. The van der Waals surface area contributed by atoms with Crippen molar-refractivity contribution in [3.63, 3.8) is 0 Å². The maximum atomic E-state index is 4.35. The van der Waals surface area contributed by atoms with Crippen molar-refractivity contribution in [3.8, 4) is 0 Å². The van der Waals surface area contributed by atoms with Crippen LogP contribution in [0, 0.1) is 6.92 Å². The lowest BCUT2D eigenvalue weighted by Crippen LogP contribution is -2.45. The van der Waals surface area contributed by atoms with Crippen LogP contribution in [0.4, 0.5) is 0 Å². The van der Waals surface area contributed by atoms with E-state index >= 15 is 0 Å². The Morgan fingerprint density at radius 3 is 2.64 bits per heavy atom. The fraction of sp³-hybridized carbons (Fsp3) is 0.737. The van der Waals surface area contributed by atoms with Gasteiger partial charge in [0.25, 0.3) is 0 Å². The number of aryl methyl sites for hydroxylation is 1. The van der Waals surface area contributed by atoms with E-state index in [4.69, 9.17) is 0 Å². The van der Waals surface area contributed by atoms with E-state index < -0.39 is 0 Å². The van der Waals surface area contributed by atoms with Crippen LogP contribution < -0.4 is 10.6 Å². The lowest BCUT2D eigenvalue weighted by Gasteiger charge is -2.32. The van der Waals surface area contributed by atoms with Crippen LogP contribution in [0.5, 0.6) is 0 Å². The highest BCUT2D eigenvalue weighted by atomic mass is 32.1. The molecule has 2 rings (SSSR count). The van der Waals surface area contributed by atoms with Crippen molar-refractivity contribution in [1.29, 1.82) is 0 Å². The largest absolute Gasteiger partial charge is 0.356 e. The first kappa shape index (κ1) is 20.2. The summed E-state index contributed by atoms with van der Waals surface area (Å²) in [6.45, 7) is 11.4. The highest BCUT2D eigenvalue weighted by molar-refractivity contribution is 7.11. The number of hydrogen-bond acceptors (Lipinski definition) is 4. The van der Waals surface area contributed by atoms with E-state index in [0.29, 0.717) is 6.04 Å². The van der Waals surface area contributed by atoms with Gasteiger partial charge >= 0.3 is 0 Å². The van der Waals surface area contributed by atoms with Crippen molar-refractivity contribution in [3.05, 3.63) is 21.9 Å². The summed E-state index contributed by atoms with van der Waals surface area (Å²) in [6, 6.07) is 4.81. The van der Waals surface area contributed by atoms with E-state index in [9.17, 15) is 0 Å². The van der Waals surface area contributed by atoms with Gasteiger partial charge in [0, 0.05) is 62.0 Å². The van der Waals surface area contributed by atoms with Crippen molar-refractivity contribution in [1.82, 2.24) is 20.4 Å². The molecular weight excluding hydrogens is 330 g/mol. The third-order valence-electron chi connectivity index (χ3n) is 4.70. The zero-order chi connectivity index (χ0) is 18.1. The highest BCUT2D eigenvalue weighted by Gasteiger charge is 2.12. The molecule has 1 unspecified atom stereocenters. The number of hydrogen-bond donors (Lipinski definition) is 2. The normalized spacial score (nSPS) is 18.3. The molecule has 0 saturated carbocycles. The van der Waals surface area contributed by atoms with Crippen molar-refractivity contribution in [2.75, 3.05) is 53.4 Å². The SMILES string of the molecule is CN=C(NCCCCN1CCN(C)CC1)NC(C)Cc1ccc(C)s1. The average Bonchev–Trinajstić information content (AvgIpc) is 2.99. The smallest absolute Gasteiger partial charge is 0.191 e. The maximum Gasteiger partial charge on any atom is 0.191 e. The summed E-state index contributed by atoms with van der Waals surface area (Å²) in [5, 5.41) is 6.95. The van der Waals surface area contributed by atoms with Crippen LogP contribution in [-0.4, -0.2) is 75.2 Å². The Labute approximate surface area is 157 Å². The van der Waals surface area contributed by atoms with E-state index in [1.165, 1.54) is 55.3 Å². The molecule has 1 saturated heterocycles. The molecule has 142 valence electrons. The second-order valence-corrected chi connectivity index (χ2v) is 8.49. The predicted octanol–water partition coefficient (Wildman–Crippen LogP) is 2.18. The number of nitrogens with zero attached hydrogens (tertiary/aromatic N) is 3. The van der Waals surface area contributed by atoms with Gasteiger partial charge in [-0.05, 0) is 52.4 Å². The zero-order valence-electron chi connectivity index (χ0n) is 16.3. The molecule has 1 aromatic rings. The third-order valence-corrected chi connectivity index (χ3v) is 5.72. The second-order valence-electron chi connectivity index (χ2n) is 7.11. The van der Waals surface area contributed by atoms with Gasteiger partial charge in [-0.1, -0.05) is 0 Å². The number of thiophene rings is 1. The molecule has 2 N–H and O–H groups in total. The van der Waals surface area contributed by atoms with Gasteiger partial charge in [-0.15, -0.1) is 11.3 Å². The Hall–Kier alpha value is -1.11. The van der Waals surface area contributed by atoms with E-state index in [1.807, 2.05) is 18.4 Å². The minimum Gasteiger partial charge on any atom is -0.356 e. The first-order chi connectivity index (χ1) is 12.1. The Balaban J connectivity index is 1.57. The van der Waals surface area contributed by atoms with Crippen molar-refractivity contribution in [2.24, 2.45) is 4.99 Å². The summed E-state index contributed by atoms with van der Waals surface area (Å²) < 4.78 is 0. The van der Waals surface area contributed by atoms with Crippen LogP contribution in [0.1, 0.15) is 29.5 Å². The standard InChI is InChI=1S/C19H35N5S/c1-16(15-18-8-7-17(2)25-18)22-19(20-3)21-9-5-6-10-24-13-11-23(4)12-14-24/h7-8,16H,5-6,9-15H2,1-4H3,(H2,20,21,22). The first-order valence-corrected chi connectivity index (χ1v) is 10.3. The lowest BCUT2D eigenvalue weighted by molar-refractivity contribution is 0.152. The number of likely N-dealkylation sites (N-methyl/N-ethyl adjacent to an activating group) is 1. The van der Waals surface area contributed by atoms with Crippen LogP contribution >= 0.6 is 11.3 Å². The third kappa shape index (κ3) is 7.75. The summed E-state index contributed by atoms with van der Waals surface area (Å²) in [6.07, 6.45) is 3.48. The number of aliphatic imine (C=N–C) groups is 1. The molecule has 0 aliphatic carbocycles. The van der Waals surface area contributed by atoms with E-state index in [2.05, 4.69) is 58.5 Å². The molecule has 1 aromatic heterocycles.